The zero-order chi connectivity index (χ0) is 12.1. The quantitative estimate of drug-likeness (QED) is 0.842. The van der Waals surface area contributed by atoms with E-state index in [0.29, 0.717) is 22.4 Å². The maximum Gasteiger partial charge on any atom is 0.372 e. The van der Waals surface area contributed by atoms with E-state index in [0.717, 1.165) is 0 Å². The van der Waals surface area contributed by atoms with Gasteiger partial charge in [0.15, 0.2) is 0 Å². The molecule has 1 N–H and O–H groups in total. The molecule has 16 heavy (non-hydrogen) atoms. The second-order valence-electron chi connectivity index (χ2n) is 3.10. The number of rotatable bonds is 5. The number of hydrogen-bond acceptors (Lipinski definition) is 3. The molecule has 1 aromatic carbocycles. The number of Topliss-reactive ketones (excluding diaryl/α,β-unsaturated/α-hetero) is 1. The fourth-order valence-corrected chi connectivity index (χ4v) is 1.73. The summed E-state index contributed by atoms with van der Waals surface area (Å²) in [5.41, 5.74) is 0.641. The van der Waals surface area contributed by atoms with Crippen molar-refractivity contribution in [3.63, 3.8) is 0 Å². The molecule has 5 heteroatoms. The predicted octanol–water partition coefficient (Wildman–Crippen LogP) is 2.04. The molecule has 0 saturated heterocycles. The van der Waals surface area contributed by atoms with Gasteiger partial charge in [-0.1, -0.05) is 6.07 Å². The van der Waals surface area contributed by atoms with Crippen LogP contribution in [0.1, 0.15) is 12.5 Å². The van der Waals surface area contributed by atoms with Crippen LogP contribution in [0.15, 0.2) is 22.7 Å². The molecule has 4 nitrogen and oxygen atoms in total. The first-order chi connectivity index (χ1) is 7.54. The summed E-state index contributed by atoms with van der Waals surface area (Å²) in [4.78, 5) is 21.4. The maximum absolute atomic E-state index is 11.0. The Morgan fingerprint density at radius 3 is 2.62 bits per heavy atom. The number of carbonyl (C=O) groups is 2. The minimum absolute atomic E-state index is 0.111. The molecule has 0 aliphatic rings. The lowest BCUT2D eigenvalue weighted by atomic mass is 10.1. The molecule has 0 spiro atoms. The van der Waals surface area contributed by atoms with Crippen LogP contribution < -0.4 is 4.74 Å². The second kappa shape index (κ2) is 5.65. The highest BCUT2D eigenvalue weighted by Gasteiger charge is 2.13. The van der Waals surface area contributed by atoms with Gasteiger partial charge in [-0.3, -0.25) is 4.79 Å². The fraction of sp³-hybridized carbons (Fsp3) is 0.273. The van der Waals surface area contributed by atoms with Crippen LogP contribution in [0.2, 0.25) is 0 Å². The topological polar surface area (TPSA) is 63.6 Å². The Balaban J connectivity index is 2.81. The van der Waals surface area contributed by atoms with E-state index < -0.39 is 11.8 Å². The number of carbonyl (C=O) groups excluding carboxylic acids is 1. The van der Waals surface area contributed by atoms with Gasteiger partial charge in [0.2, 0.25) is 5.78 Å². The Kier molecular flexibility index (Phi) is 4.49. The maximum atomic E-state index is 11.0. The van der Waals surface area contributed by atoms with Crippen molar-refractivity contribution in [2.75, 3.05) is 6.61 Å². The number of aliphatic carboxylic acids is 1. The molecule has 0 radical (unpaired) electrons. The molecule has 0 aromatic heterocycles. The molecule has 0 saturated carbocycles. The third kappa shape index (κ3) is 3.34. The van der Waals surface area contributed by atoms with Crippen LogP contribution in [-0.4, -0.2) is 23.5 Å². The van der Waals surface area contributed by atoms with E-state index in [9.17, 15) is 9.59 Å². The summed E-state index contributed by atoms with van der Waals surface area (Å²) in [5, 5.41) is 8.47. The summed E-state index contributed by atoms with van der Waals surface area (Å²) in [7, 11) is 0. The predicted molar refractivity (Wildman–Crippen MR) is 61.7 cm³/mol. The Labute approximate surface area is 101 Å². The molecule has 0 aliphatic heterocycles. The van der Waals surface area contributed by atoms with Crippen molar-refractivity contribution in [2.45, 2.75) is 13.3 Å². The van der Waals surface area contributed by atoms with Crippen molar-refractivity contribution < 1.29 is 19.4 Å². The Morgan fingerprint density at radius 2 is 2.12 bits per heavy atom. The van der Waals surface area contributed by atoms with Crippen LogP contribution >= 0.6 is 15.9 Å². The van der Waals surface area contributed by atoms with E-state index in [1.54, 1.807) is 18.2 Å². The molecule has 0 fully saturated rings. The highest BCUT2D eigenvalue weighted by atomic mass is 79.9. The van der Waals surface area contributed by atoms with Crippen LogP contribution in [0, 0.1) is 0 Å². The van der Waals surface area contributed by atoms with Gasteiger partial charge in [0, 0.05) is 6.42 Å². The number of benzene rings is 1. The third-order valence-corrected chi connectivity index (χ3v) is 2.52. The number of ether oxygens (including phenoxy) is 1. The SMILES string of the molecule is CCOc1ccc(CC(=O)C(=O)O)cc1Br. The zero-order valence-corrected chi connectivity index (χ0v) is 10.3. The van der Waals surface area contributed by atoms with Gasteiger partial charge in [-0.05, 0) is 40.5 Å². The highest BCUT2D eigenvalue weighted by molar-refractivity contribution is 9.10. The summed E-state index contributed by atoms with van der Waals surface area (Å²) in [6, 6.07) is 5.07. The average molecular weight is 287 g/mol. The fourth-order valence-electron chi connectivity index (χ4n) is 1.19. The molecule has 1 rings (SSSR count). The van der Waals surface area contributed by atoms with Gasteiger partial charge in [0.05, 0.1) is 11.1 Å². The Morgan fingerprint density at radius 1 is 1.44 bits per heavy atom. The summed E-state index contributed by atoms with van der Waals surface area (Å²) >= 11 is 3.29. The van der Waals surface area contributed by atoms with Crippen LogP contribution in [0.4, 0.5) is 0 Å². The number of carboxylic acids is 1. The number of carboxylic acid groups (broad SMARTS) is 1. The minimum atomic E-state index is -1.41. The average Bonchev–Trinajstić information content (AvgIpc) is 2.22. The molecule has 0 aliphatic carbocycles. The monoisotopic (exact) mass is 286 g/mol. The largest absolute Gasteiger partial charge is 0.493 e. The van der Waals surface area contributed by atoms with Gasteiger partial charge < -0.3 is 9.84 Å². The Hall–Kier alpha value is -1.36. The van der Waals surface area contributed by atoms with Crippen LogP contribution in [0.25, 0.3) is 0 Å². The highest BCUT2D eigenvalue weighted by Crippen LogP contribution is 2.26. The van der Waals surface area contributed by atoms with Crippen molar-refractivity contribution in [1.29, 1.82) is 0 Å². The van der Waals surface area contributed by atoms with Crippen molar-refractivity contribution in [3.8, 4) is 5.75 Å². The lowest BCUT2D eigenvalue weighted by Crippen LogP contribution is -2.15. The van der Waals surface area contributed by atoms with Gasteiger partial charge in [-0.2, -0.15) is 0 Å². The molecule has 1 aromatic rings. The normalized spacial score (nSPS) is 9.88. The van der Waals surface area contributed by atoms with Crippen molar-refractivity contribution in [2.24, 2.45) is 0 Å². The summed E-state index contributed by atoms with van der Waals surface area (Å²) in [5.74, 6) is -1.56. The van der Waals surface area contributed by atoms with Crippen molar-refractivity contribution >= 4 is 27.7 Å². The third-order valence-electron chi connectivity index (χ3n) is 1.90. The standard InChI is InChI=1S/C11H11BrO4/c1-2-16-10-4-3-7(5-8(10)12)6-9(13)11(14)15/h3-5H,2,6H2,1H3,(H,14,15). The molecular weight excluding hydrogens is 276 g/mol. The van der Waals surface area contributed by atoms with E-state index in [4.69, 9.17) is 9.84 Å². The smallest absolute Gasteiger partial charge is 0.372 e. The first-order valence-electron chi connectivity index (χ1n) is 4.72. The Bertz CT molecular complexity index is 414. The number of halogens is 1. The summed E-state index contributed by atoms with van der Waals surface area (Å²) < 4.78 is 6.01. The van der Waals surface area contributed by atoms with Crippen LogP contribution in [-0.2, 0) is 16.0 Å². The molecule has 86 valence electrons. The lowest BCUT2D eigenvalue weighted by Gasteiger charge is -2.06. The second-order valence-corrected chi connectivity index (χ2v) is 3.96. The van der Waals surface area contributed by atoms with Gasteiger partial charge in [0.1, 0.15) is 5.75 Å². The van der Waals surface area contributed by atoms with Gasteiger partial charge in [0.25, 0.3) is 0 Å². The van der Waals surface area contributed by atoms with E-state index >= 15 is 0 Å². The molecule has 0 bridgehead atoms. The zero-order valence-electron chi connectivity index (χ0n) is 8.70. The minimum Gasteiger partial charge on any atom is -0.493 e. The van der Waals surface area contributed by atoms with Crippen molar-refractivity contribution in [1.82, 2.24) is 0 Å². The van der Waals surface area contributed by atoms with E-state index in [1.165, 1.54) is 0 Å². The van der Waals surface area contributed by atoms with Gasteiger partial charge in [-0.15, -0.1) is 0 Å². The lowest BCUT2D eigenvalue weighted by molar-refractivity contribution is -0.148. The molecule has 0 atom stereocenters. The summed E-state index contributed by atoms with van der Waals surface area (Å²) in [6.07, 6.45) is -0.111. The number of ketones is 1. The number of hydrogen-bond donors (Lipinski definition) is 1. The van der Waals surface area contributed by atoms with Gasteiger partial charge >= 0.3 is 5.97 Å². The van der Waals surface area contributed by atoms with Gasteiger partial charge in [-0.25, -0.2) is 4.79 Å². The van der Waals surface area contributed by atoms with Crippen molar-refractivity contribution in [3.05, 3.63) is 28.2 Å². The van der Waals surface area contributed by atoms with Crippen LogP contribution in [0.3, 0.4) is 0 Å². The molecular formula is C11H11BrO4. The van der Waals surface area contributed by atoms with Crippen LogP contribution in [0.5, 0.6) is 5.75 Å². The molecule has 0 unspecified atom stereocenters. The molecule has 0 heterocycles. The van der Waals surface area contributed by atoms with E-state index in [2.05, 4.69) is 15.9 Å². The van der Waals surface area contributed by atoms with E-state index in [-0.39, 0.29) is 6.42 Å². The first kappa shape index (κ1) is 12.7. The first-order valence-corrected chi connectivity index (χ1v) is 5.51. The summed E-state index contributed by atoms with van der Waals surface area (Å²) in [6.45, 7) is 2.42. The molecule has 0 amide bonds. The van der Waals surface area contributed by atoms with E-state index in [1.807, 2.05) is 6.92 Å².